The van der Waals surface area contributed by atoms with Crippen LogP contribution in [0.3, 0.4) is 0 Å². The minimum Gasteiger partial charge on any atom is -0.353 e. The van der Waals surface area contributed by atoms with Gasteiger partial charge in [-0.05, 0) is 53.8 Å². The monoisotopic (exact) mass is 618 g/mol. The van der Waals surface area contributed by atoms with Crippen molar-refractivity contribution in [2.75, 3.05) is 32.7 Å². The molecule has 0 radical (unpaired) electrons. The molecule has 1 aliphatic rings. The summed E-state index contributed by atoms with van der Waals surface area (Å²) in [4.78, 5) is 54.9. The Morgan fingerprint density at radius 1 is 0.878 bits per heavy atom. The number of nitrogens with one attached hydrogen (secondary N) is 2. The summed E-state index contributed by atoms with van der Waals surface area (Å²) in [7, 11) is 0. The zero-order valence-corrected chi connectivity index (χ0v) is 24.6. The van der Waals surface area contributed by atoms with Gasteiger partial charge in [0.05, 0.1) is 6.42 Å². The third-order valence-corrected chi connectivity index (χ3v) is 8.02. The van der Waals surface area contributed by atoms with Crippen molar-refractivity contribution in [1.29, 1.82) is 0 Å². The Balaban J connectivity index is 1.38. The van der Waals surface area contributed by atoms with Gasteiger partial charge >= 0.3 is 0 Å². The van der Waals surface area contributed by atoms with E-state index < -0.39 is 6.04 Å². The van der Waals surface area contributed by atoms with Crippen molar-refractivity contribution in [3.63, 3.8) is 0 Å². The molecule has 2 N–H and O–H groups in total. The third-order valence-electron chi connectivity index (χ3n) is 7.24. The van der Waals surface area contributed by atoms with E-state index in [0.717, 1.165) is 20.8 Å². The van der Waals surface area contributed by atoms with Gasteiger partial charge in [-0.2, -0.15) is 0 Å². The average Bonchev–Trinajstić information content (AvgIpc) is 3.00. The van der Waals surface area contributed by atoms with Crippen LogP contribution in [0.5, 0.6) is 0 Å². The summed E-state index contributed by atoms with van der Waals surface area (Å²) in [5.41, 5.74) is 1.49. The summed E-state index contributed by atoms with van der Waals surface area (Å²) in [6.07, 6.45) is 3.12. The zero-order chi connectivity index (χ0) is 29.2. The summed E-state index contributed by atoms with van der Waals surface area (Å²) >= 11 is 3.48. The van der Waals surface area contributed by atoms with Crippen LogP contribution in [-0.2, 0) is 20.8 Å². The Hall–Kier alpha value is -3.98. The minimum absolute atomic E-state index is 0.0474. The van der Waals surface area contributed by atoms with Crippen LogP contribution in [0.15, 0.2) is 83.9 Å². The molecule has 0 aromatic heterocycles. The lowest BCUT2D eigenvalue weighted by atomic mass is 10.0. The molecule has 0 spiro atoms. The van der Waals surface area contributed by atoms with Gasteiger partial charge in [0.15, 0.2) is 0 Å². The first-order chi connectivity index (χ1) is 19.9. The molecule has 8 nitrogen and oxygen atoms in total. The smallest absolute Gasteiger partial charge is 0.254 e. The van der Waals surface area contributed by atoms with Crippen LogP contribution in [0.25, 0.3) is 10.8 Å². The lowest BCUT2D eigenvalue weighted by Crippen LogP contribution is -2.56. The fraction of sp³-hybridized carbons (Fsp3) is 0.312. The first-order valence-corrected chi connectivity index (χ1v) is 14.7. The molecule has 3 aromatic rings. The van der Waals surface area contributed by atoms with E-state index in [4.69, 9.17) is 0 Å². The molecule has 1 saturated heterocycles. The molecule has 1 aliphatic heterocycles. The number of benzene rings is 3. The molecule has 1 fully saturated rings. The van der Waals surface area contributed by atoms with E-state index in [1.165, 1.54) is 6.08 Å². The van der Waals surface area contributed by atoms with Crippen molar-refractivity contribution in [1.82, 2.24) is 20.4 Å². The lowest BCUT2D eigenvalue weighted by molar-refractivity contribution is -0.137. The highest BCUT2D eigenvalue weighted by Crippen LogP contribution is 2.21. The first-order valence-electron chi connectivity index (χ1n) is 13.9. The topological polar surface area (TPSA) is 98.8 Å². The molecule has 3 aromatic carbocycles. The van der Waals surface area contributed by atoms with E-state index in [1.807, 2.05) is 66.7 Å². The predicted octanol–water partition coefficient (Wildman–Crippen LogP) is 4.09. The highest BCUT2D eigenvalue weighted by atomic mass is 79.9. The molecule has 4 amide bonds. The lowest BCUT2D eigenvalue weighted by Gasteiger charge is -2.36. The molecule has 4 rings (SSSR count). The van der Waals surface area contributed by atoms with Crippen molar-refractivity contribution in [2.24, 2.45) is 0 Å². The van der Waals surface area contributed by atoms with Crippen LogP contribution in [0, 0.1) is 0 Å². The van der Waals surface area contributed by atoms with Crippen molar-refractivity contribution in [3.05, 3.63) is 95.0 Å². The van der Waals surface area contributed by atoms with Gasteiger partial charge in [0.25, 0.3) is 5.91 Å². The van der Waals surface area contributed by atoms with E-state index in [-0.39, 0.29) is 30.0 Å². The third kappa shape index (κ3) is 8.04. The number of amides is 4. The Bertz CT molecular complexity index is 1410. The molecular formula is C32H35BrN4O4. The van der Waals surface area contributed by atoms with Crippen LogP contribution in [0.1, 0.15) is 35.2 Å². The molecule has 0 saturated carbocycles. The molecule has 1 unspecified atom stereocenters. The van der Waals surface area contributed by atoms with Crippen LogP contribution in [-0.4, -0.2) is 72.2 Å². The maximum Gasteiger partial charge on any atom is 0.254 e. The second kappa shape index (κ2) is 14.6. The highest BCUT2D eigenvalue weighted by Gasteiger charge is 2.30. The van der Waals surface area contributed by atoms with Gasteiger partial charge in [-0.25, -0.2) is 0 Å². The second-order valence-electron chi connectivity index (χ2n) is 10.0. The Morgan fingerprint density at radius 2 is 1.56 bits per heavy atom. The number of carbonyl (C=O) groups is 4. The number of halogens is 1. The Labute approximate surface area is 248 Å². The van der Waals surface area contributed by atoms with E-state index in [1.54, 1.807) is 9.80 Å². The van der Waals surface area contributed by atoms with E-state index >= 15 is 0 Å². The summed E-state index contributed by atoms with van der Waals surface area (Å²) in [5, 5.41) is 7.61. The van der Waals surface area contributed by atoms with Crippen LogP contribution in [0.2, 0.25) is 0 Å². The number of hydrogen-bond acceptors (Lipinski definition) is 4. The van der Waals surface area contributed by atoms with Crippen LogP contribution in [0.4, 0.5) is 0 Å². The number of hydrogen-bond donors (Lipinski definition) is 2. The van der Waals surface area contributed by atoms with Gasteiger partial charge < -0.3 is 20.4 Å². The molecule has 1 atom stereocenters. The van der Waals surface area contributed by atoms with Crippen molar-refractivity contribution in [3.8, 4) is 0 Å². The molecule has 41 heavy (non-hydrogen) atoms. The second-order valence-corrected chi connectivity index (χ2v) is 10.9. The molecule has 0 bridgehead atoms. The molecule has 1 heterocycles. The minimum atomic E-state index is -0.694. The quantitative estimate of drug-likeness (QED) is 0.250. The first kappa shape index (κ1) is 30.0. The summed E-state index contributed by atoms with van der Waals surface area (Å²) in [5.74, 6) is -0.679. The highest BCUT2D eigenvalue weighted by molar-refractivity contribution is 9.10. The van der Waals surface area contributed by atoms with Gasteiger partial charge in [0.1, 0.15) is 6.04 Å². The molecule has 9 heteroatoms. The number of nitrogens with zero attached hydrogens (tertiary/aromatic N) is 2. The Kier molecular flexibility index (Phi) is 10.7. The van der Waals surface area contributed by atoms with Crippen molar-refractivity contribution in [2.45, 2.75) is 31.7 Å². The SMILES string of the molecule is C=CC(=O)NCCCCC(NC(=O)Cc1ccccc1Br)C(=O)N1CCN(C(=O)c2cccc3ccccc23)CC1. The van der Waals surface area contributed by atoms with Crippen LogP contribution < -0.4 is 10.6 Å². The van der Waals surface area contributed by atoms with Gasteiger partial charge in [-0.15, -0.1) is 0 Å². The maximum atomic E-state index is 13.6. The summed E-state index contributed by atoms with van der Waals surface area (Å²) in [6, 6.07) is 20.3. The number of unbranched alkanes of at least 4 members (excludes halogenated alkanes) is 1. The van der Waals surface area contributed by atoms with E-state index in [2.05, 4.69) is 33.1 Å². The number of carbonyl (C=O) groups excluding carboxylic acids is 4. The van der Waals surface area contributed by atoms with Crippen molar-refractivity contribution < 1.29 is 19.2 Å². The fourth-order valence-corrected chi connectivity index (χ4v) is 5.43. The number of fused-ring (bicyclic) bond motifs is 1. The van der Waals surface area contributed by atoms with Gasteiger partial charge in [0, 0.05) is 42.8 Å². The van der Waals surface area contributed by atoms with E-state index in [9.17, 15) is 19.2 Å². The standard InChI is InChI=1S/C32H35BrN4O4/c1-2-29(38)34-17-8-7-16-28(35-30(39)22-24-11-4-6-15-27(24)33)32(41)37-20-18-36(19-21-37)31(40)26-14-9-12-23-10-3-5-13-25(23)26/h2-6,9-15,28H,1,7-8,16-22H2,(H,34,38)(H,35,39). The number of piperazine rings is 1. The largest absolute Gasteiger partial charge is 0.353 e. The predicted molar refractivity (Wildman–Crippen MR) is 163 cm³/mol. The normalized spacial score (nSPS) is 13.9. The fourth-order valence-electron chi connectivity index (χ4n) is 5.01. The van der Waals surface area contributed by atoms with Gasteiger partial charge in [-0.1, -0.05) is 77.1 Å². The molecular weight excluding hydrogens is 584 g/mol. The zero-order valence-electron chi connectivity index (χ0n) is 23.0. The maximum absolute atomic E-state index is 13.6. The summed E-state index contributed by atoms with van der Waals surface area (Å²) < 4.78 is 0.836. The van der Waals surface area contributed by atoms with Crippen LogP contribution >= 0.6 is 15.9 Å². The van der Waals surface area contributed by atoms with Crippen molar-refractivity contribution >= 4 is 50.3 Å². The average molecular weight is 620 g/mol. The van der Waals surface area contributed by atoms with Gasteiger partial charge in [0.2, 0.25) is 17.7 Å². The van der Waals surface area contributed by atoms with Gasteiger partial charge in [-0.3, -0.25) is 19.2 Å². The Morgan fingerprint density at radius 3 is 2.32 bits per heavy atom. The number of rotatable bonds is 11. The summed E-state index contributed by atoms with van der Waals surface area (Å²) in [6.45, 7) is 5.52. The molecule has 214 valence electrons. The molecule has 0 aliphatic carbocycles. The van der Waals surface area contributed by atoms with E-state index in [0.29, 0.717) is 57.5 Å².